The summed E-state index contributed by atoms with van der Waals surface area (Å²) in [5.74, 6) is -2.30. The third-order valence-electron chi connectivity index (χ3n) is 4.35. The molecule has 0 aromatic rings. The van der Waals surface area contributed by atoms with Crippen molar-refractivity contribution in [3.63, 3.8) is 0 Å². The Balaban J connectivity index is 1.49. The van der Waals surface area contributed by atoms with Gasteiger partial charge < -0.3 is 18.9 Å². The zero-order chi connectivity index (χ0) is 18.5. The Hall–Kier alpha value is -2.78. The van der Waals surface area contributed by atoms with Gasteiger partial charge in [-0.15, -0.1) is 0 Å². The number of carbonyl (C=O) groups excluding carboxylic acids is 4. The Morgan fingerprint density at radius 3 is 1.65 bits per heavy atom. The van der Waals surface area contributed by atoms with Crippen LogP contribution in [0.1, 0.15) is 25.7 Å². The summed E-state index contributed by atoms with van der Waals surface area (Å²) in [5.41, 5.74) is 0. The van der Waals surface area contributed by atoms with Crippen LogP contribution < -0.4 is 0 Å². The minimum atomic E-state index is -0.721. The van der Waals surface area contributed by atoms with E-state index in [1.54, 1.807) is 0 Å². The summed E-state index contributed by atoms with van der Waals surface area (Å²) in [7, 11) is 0. The third kappa shape index (κ3) is 4.44. The fourth-order valence-electron chi connectivity index (χ4n) is 3.06. The van der Waals surface area contributed by atoms with Gasteiger partial charge in [-0.2, -0.15) is 9.98 Å². The lowest BCUT2D eigenvalue weighted by atomic mass is 9.79. The van der Waals surface area contributed by atoms with E-state index >= 15 is 0 Å². The topological polar surface area (TPSA) is 130 Å². The summed E-state index contributed by atoms with van der Waals surface area (Å²) in [4.78, 5) is 53.3. The third-order valence-corrected chi connectivity index (χ3v) is 4.35. The van der Waals surface area contributed by atoms with Gasteiger partial charge in [0, 0.05) is 0 Å². The Kier molecular flexibility index (Phi) is 5.59. The molecule has 4 unspecified atom stereocenters. The standard InChI is InChI=1S/C16H18N2O8/c19-13(23-7-9-5-17-15(21)25-9)11-3-1-2-4-12(11)14(20)24-8-10-6-18-16(22)26-10/h5-6,9-12H,1-4,7-8H2. The molecule has 0 aromatic heterocycles. The lowest BCUT2D eigenvalue weighted by Crippen LogP contribution is -2.37. The van der Waals surface area contributed by atoms with Gasteiger partial charge >= 0.3 is 24.1 Å². The molecule has 2 amide bonds. The molecule has 0 bridgehead atoms. The molecule has 1 fully saturated rings. The number of aliphatic imine (C=N–C) groups is 2. The smallest absolute Gasteiger partial charge is 0.434 e. The van der Waals surface area contributed by atoms with Gasteiger partial charge in [-0.3, -0.25) is 9.59 Å². The highest BCUT2D eigenvalue weighted by Gasteiger charge is 2.38. The van der Waals surface area contributed by atoms with Crippen LogP contribution in [0.2, 0.25) is 0 Å². The first-order valence-corrected chi connectivity index (χ1v) is 8.36. The number of esters is 2. The second-order valence-electron chi connectivity index (χ2n) is 6.16. The normalized spacial score (nSPS) is 30.0. The average Bonchev–Trinajstić information content (AvgIpc) is 3.25. The zero-order valence-corrected chi connectivity index (χ0v) is 13.9. The van der Waals surface area contributed by atoms with E-state index in [1.165, 1.54) is 12.4 Å². The van der Waals surface area contributed by atoms with Gasteiger partial charge in [-0.05, 0) is 12.8 Å². The second kappa shape index (κ2) is 8.07. The van der Waals surface area contributed by atoms with Crippen molar-refractivity contribution in [3.05, 3.63) is 0 Å². The maximum atomic E-state index is 12.3. The molecule has 2 aliphatic heterocycles. The minimum Gasteiger partial charge on any atom is -0.461 e. The van der Waals surface area contributed by atoms with E-state index in [1.807, 2.05) is 0 Å². The van der Waals surface area contributed by atoms with Crippen molar-refractivity contribution in [2.24, 2.45) is 21.8 Å². The van der Waals surface area contributed by atoms with Crippen LogP contribution >= 0.6 is 0 Å². The number of amides is 2. The highest BCUT2D eigenvalue weighted by Crippen LogP contribution is 2.32. The fourth-order valence-corrected chi connectivity index (χ4v) is 3.06. The van der Waals surface area contributed by atoms with Crippen molar-refractivity contribution in [1.82, 2.24) is 0 Å². The summed E-state index contributed by atoms with van der Waals surface area (Å²) in [5, 5.41) is 0. The summed E-state index contributed by atoms with van der Waals surface area (Å²) in [6, 6.07) is 0. The van der Waals surface area contributed by atoms with E-state index in [-0.39, 0.29) is 13.2 Å². The lowest BCUT2D eigenvalue weighted by Gasteiger charge is -2.28. The molecule has 1 aliphatic carbocycles. The monoisotopic (exact) mass is 366 g/mol. The van der Waals surface area contributed by atoms with Crippen molar-refractivity contribution in [1.29, 1.82) is 0 Å². The van der Waals surface area contributed by atoms with Gasteiger partial charge in [0.25, 0.3) is 0 Å². The second-order valence-corrected chi connectivity index (χ2v) is 6.16. The van der Waals surface area contributed by atoms with Gasteiger partial charge in [-0.25, -0.2) is 9.59 Å². The van der Waals surface area contributed by atoms with E-state index in [9.17, 15) is 19.2 Å². The Labute approximate surface area is 148 Å². The number of nitrogens with zero attached hydrogens (tertiary/aromatic N) is 2. The molecule has 2 heterocycles. The van der Waals surface area contributed by atoms with E-state index in [0.29, 0.717) is 12.8 Å². The Morgan fingerprint density at radius 1 is 0.885 bits per heavy atom. The number of ether oxygens (including phenoxy) is 4. The first-order chi connectivity index (χ1) is 12.5. The molecule has 10 heteroatoms. The predicted octanol–water partition coefficient (Wildman–Crippen LogP) is 1.06. The van der Waals surface area contributed by atoms with E-state index in [2.05, 4.69) is 9.98 Å². The SMILES string of the molecule is O=C1N=CC(COC(=O)C2CCCCC2C(=O)OCC2C=NC(=O)O2)O1. The summed E-state index contributed by atoms with van der Waals surface area (Å²) >= 11 is 0. The summed E-state index contributed by atoms with van der Waals surface area (Å²) < 4.78 is 19.9. The van der Waals surface area contributed by atoms with Gasteiger partial charge in [0.05, 0.1) is 24.3 Å². The Bertz CT molecular complexity index is 603. The number of hydrogen-bond acceptors (Lipinski definition) is 8. The number of carbonyl (C=O) groups is 4. The van der Waals surface area contributed by atoms with Crippen molar-refractivity contribution in [3.8, 4) is 0 Å². The van der Waals surface area contributed by atoms with Crippen LogP contribution in [0.15, 0.2) is 9.98 Å². The molecule has 3 rings (SSSR count). The summed E-state index contributed by atoms with van der Waals surface area (Å²) in [6.45, 7) is -0.276. The van der Waals surface area contributed by atoms with E-state index < -0.39 is 48.2 Å². The molecule has 0 radical (unpaired) electrons. The minimum absolute atomic E-state index is 0.138. The van der Waals surface area contributed by atoms with Gasteiger partial charge in [0.1, 0.15) is 13.2 Å². The number of rotatable bonds is 6. The zero-order valence-electron chi connectivity index (χ0n) is 13.9. The first kappa shape index (κ1) is 18.0. The number of hydrogen-bond donors (Lipinski definition) is 0. The maximum absolute atomic E-state index is 12.3. The van der Waals surface area contributed by atoms with E-state index in [4.69, 9.17) is 18.9 Å². The highest BCUT2D eigenvalue weighted by atomic mass is 16.6. The van der Waals surface area contributed by atoms with Gasteiger partial charge in [0.15, 0.2) is 12.2 Å². The highest BCUT2D eigenvalue weighted by molar-refractivity contribution is 5.88. The Morgan fingerprint density at radius 2 is 1.31 bits per heavy atom. The fraction of sp³-hybridized carbons (Fsp3) is 0.625. The van der Waals surface area contributed by atoms with E-state index in [0.717, 1.165) is 12.8 Å². The van der Waals surface area contributed by atoms with Crippen molar-refractivity contribution < 1.29 is 38.1 Å². The van der Waals surface area contributed by atoms with Crippen LogP contribution in [-0.4, -0.2) is 62.0 Å². The molecule has 0 spiro atoms. The van der Waals surface area contributed by atoms with Crippen LogP contribution in [0.3, 0.4) is 0 Å². The quantitative estimate of drug-likeness (QED) is 0.504. The predicted molar refractivity (Wildman–Crippen MR) is 84.9 cm³/mol. The summed E-state index contributed by atoms with van der Waals surface area (Å²) in [6.07, 6.45) is 2.33. The molecule has 0 saturated heterocycles. The maximum Gasteiger partial charge on any atom is 0.434 e. The average molecular weight is 366 g/mol. The molecule has 0 aromatic carbocycles. The molecule has 10 nitrogen and oxygen atoms in total. The molecule has 3 aliphatic rings. The molecule has 140 valence electrons. The van der Waals surface area contributed by atoms with Crippen LogP contribution in [0.25, 0.3) is 0 Å². The first-order valence-electron chi connectivity index (χ1n) is 8.36. The largest absolute Gasteiger partial charge is 0.461 e. The van der Waals surface area contributed by atoms with Crippen molar-refractivity contribution in [2.45, 2.75) is 37.9 Å². The number of cyclic esters (lactones) is 2. The molecule has 0 N–H and O–H groups in total. The molecular weight excluding hydrogens is 348 g/mol. The molecular formula is C16H18N2O8. The van der Waals surface area contributed by atoms with Crippen molar-refractivity contribution >= 4 is 36.6 Å². The van der Waals surface area contributed by atoms with Crippen LogP contribution in [0.4, 0.5) is 9.59 Å². The van der Waals surface area contributed by atoms with Crippen LogP contribution in [-0.2, 0) is 28.5 Å². The molecule has 1 saturated carbocycles. The van der Waals surface area contributed by atoms with Gasteiger partial charge in [-0.1, -0.05) is 12.8 Å². The molecule has 26 heavy (non-hydrogen) atoms. The van der Waals surface area contributed by atoms with Crippen LogP contribution in [0.5, 0.6) is 0 Å². The lowest BCUT2D eigenvalue weighted by molar-refractivity contribution is -0.164. The van der Waals surface area contributed by atoms with Crippen LogP contribution in [0, 0.1) is 11.8 Å². The molecule has 4 atom stereocenters. The van der Waals surface area contributed by atoms with Gasteiger partial charge in [0.2, 0.25) is 0 Å². The van der Waals surface area contributed by atoms with Crippen molar-refractivity contribution in [2.75, 3.05) is 13.2 Å².